The molecule has 3 N–H and O–H groups in total. The van der Waals surface area contributed by atoms with Gasteiger partial charge in [0.05, 0.1) is 5.69 Å². The van der Waals surface area contributed by atoms with Crippen molar-refractivity contribution in [1.82, 2.24) is 20.1 Å². The number of aromatic nitrogens is 3. The first-order chi connectivity index (χ1) is 9.90. The molecule has 0 aliphatic carbocycles. The summed E-state index contributed by atoms with van der Waals surface area (Å²) in [5, 5.41) is 7.15. The number of hydrogen-bond acceptors (Lipinski definition) is 4. The van der Waals surface area contributed by atoms with Gasteiger partial charge in [-0.3, -0.25) is 14.5 Å². The summed E-state index contributed by atoms with van der Waals surface area (Å²) in [7, 11) is 1.88. The lowest BCUT2D eigenvalue weighted by Crippen LogP contribution is -2.24. The van der Waals surface area contributed by atoms with Gasteiger partial charge in [-0.25, -0.2) is 0 Å². The maximum absolute atomic E-state index is 12.1. The van der Waals surface area contributed by atoms with Gasteiger partial charge in [0.25, 0.3) is 5.91 Å². The van der Waals surface area contributed by atoms with Crippen molar-refractivity contribution in [2.45, 2.75) is 20.4 Å². The second-order valence-corrected chi connectivity index (χ2v) is 5.19. The molecule has 2 heterocycles. The van der Waals surface area contributed by atoms with Gasteiger partial charge in [0, 0.05) is 36.6 Å². The molecule has 0 radical (unpaired) electrons. The zero-order chi connectivity index (χ0) is 15.6. The van der Waals surface area contributed by atoms with Crippen LogP contribution in [0.3, 0.4) is 0 Å². The molecule has 2 rings (SSSR count). The maximum Gasteiger partial charge on any atom is 0.270 e. The molecule has 0 aromatic carbocycles. The van der Waals surface area contributed by atoms with Crippen LogP contribution in [-0.4, -0.2) is 25.7 Å². The standard InChI is InChI=1S/C14H17N5OS/c1-8-11(9(2)19(3)18-8)7-17-14(20)12-5-4-10(6-16-12)13(15)21/h4-6H,7H2,1-3H3,(H2,15,21)(H,17,20). The molecule has 0 spiro atoms. The molecule has 21 heavy (non-hydrogen) atoms. The number of pyridine rings is 1. The highest BCUT2D eigenvalue weighted by Crippen LogP contribution is 2.11. The first kappa shape index (κ1) is 15.1. The molecule has 6 nitrogen and oxygen atoms in total. The minimum atomic E-state index is -0.243. The number of carbonyl (C=O) groups excluding carboxylic acids is 1. The fourth-order valence-corrected chi connectivity index (χ4v) is 2.13. The third kappa shape index (κ3) is 3.25. The van der Waals surface area contributed by atoms with E-state index < -0.39 is 0 Å². The first-order valence-electron chi connectivity index (χ1n) is 6.43. The molecule has 1 amide bonds. The maximum atomic E-state index is 12.1. The lowest BCUT2D eigenvalue weighted by atomic mass is 10.2. The van der Waals surface area contributed by atoms with Crippen molar-refractivity contribution >= 4 is 23.1 Å². The quantitative estimate of drug-likeness (QED) is 0.823. The molecule has 0 saturated carbocycles. The Morgan fingerprint density at radius 1 is 1.43 bits per heavy atom. The van der Waals surface area contributed by atoms with Crippen LogP contribution < -0.4 is 11.1 Å². The average molecular weight is 303 g/mol. The Balaban J connectivity index is 2.06. The summed E-state index contributed by atoms with van der Waals surface area (Å²) >= 11 is 4.85. The van der Waals surface area contributed by atoms with Crippen LogP contribution in [0.1, 0.15) is 33.0 Å². The summed E-state index contributed by atoms with van der Waals surface area (Å²) in [6.07, 6.45) is 1.50. The summed E-state index contributed by atoms with van der Waals surface area (Å²) < 4.78 is 1.80. The van der Waals surface area contributed by atoms with E-state index in [4.69, 9.17) is 18.0 Å². The number of thiocarbonyl (C=S) groups is 1. The van der Waals surface area contributed by atoms with Gasteiger partial charge in [0.1, 0.15) is 10.7 Å². The molecule has 110 valence electrons. The molecule has 0 unspecified atom stereocenters. The predicted octanol–water partition coefficient (Wildman–Crippen LogP) is 0.996. The van der Waals surface area contributed by atoms with Gasteiger partial charge < -0.3 is 11.1 Å². The van der Waals surface area contributed by atoms with Gasteiger partial charge in [0.15, 0.2) is 0 Å². The van der Waals surface area contributed by atoms with E-state index in [1.54, 1.807) is 16.8 Å². The number of hydrogen-bond donors (Lipinski definition) is 2. The number of nitrogens with two attached hydrogens (primary N) is 1. The van der Waals surface area contributed by atoms with E-state index in [0.717, 1.165) is 17.0 Å². The SMILES string of the molecule is Cc1nn(C)c(C)c1CNC(=O)c1ccc(C(N)=S)cn1. The normalized spacial score (nSPS) is 10.4. The van der Waals surface area contributed by atoms with Gasteiger partial charge in [-0.15, -0.1) is 0 Å². The van der Waals surface area contributed by atoms with Crippen LogP contribution in [0.4, 0.5) is 0 Å². The van der Waals surface area contributed by atoms with E-state index in [-0.39, 0.29) is 10.9 Å². The first-order valence-corrected chi connectivity index (χ1v) is 6.84. The van der Waals surface area contributed by atoms with Crippen molar-refractivity contribution < 1.29 is 4.79 Å². The van der Waals surface area contributed by atoms with Crippen LogP contribution >= 0.6 is 12.2 Å². The monoisotopic (exact) mass is 303 g/mol. The molecule has 2 aromatic rings. The van der Waals surface area contributed by atoms with Gasteiger partial charge in [-0.1, -0.05) is 12.2 Å². The molecular weight excluding hydrogens is 286 g/mol. The van der Waals surface area contributed by atoms with Crippen LogP contribution in [0.5, 0.6) is 0 Å². The molecule has 0 fully saturated rings. The lowest BCUT2D eigenvalue weighted by Gasteiger charge is -2.06. The van der Waals surface area contributed by atoms with Gasteiger partial charge in [0.2, 0.25) is 0 Å². The van der Waals surface area contributed by atoms with Crippen LogP contribution in [0.25, 0.3) is 0 Å². The summed E-state index contributed by atoms with van der Waals surface area (Å²) in [4.78, 5) is 16.4. The molecule has 2 aromatic heterocycles. The van der Waals surface area contributed by atoms with Crippen LogP contribution in [0, 0.1) is 13.8 Å². The summed E-state index contributed by atoms with van der Waals surface area (Å²) in [6, 6.07) is 3.29. The van der Waals surface area contributed by atoms with Crippen molar-refractivity contribution in [3.8, 4) is 0 Å². The Kier molecular flexibility index (Phi) is 4.32. The number of rotatable bonds is 4. The van der Waals surface area contributed by atoms with E-state index >= 15 is 0 Å². The molecular formula is C14H17N5OS. The van der Waals surface area contributed by atoms with Crippen molar-refractivity contribution in [2.24, 2.45) is 12.8 Å². The van der Waals surface area contributed by atoms with E-state index in [1.807, 2.05) is 20.9 Å². The number of amides is 1. The van der Waals surface area contributed by atoms with Crippen molar-refractivity contribution in [1.29, 1.82) is 0 Å². The second-order valence-electron chi connectivity index (χ2n) is 4.75. The van der Waals surface area contributed by atoms with E-state index in [1.165, 1.54) is 6.20 Å². The van der Waals surface area contributed by atoms with E-state index in [2.05, 4.69) is 15.4 Å². The van der Waals surface area contributed by atoms with E-state index in [0.29, 0.717) is 17.8 Å². The van der Waals surface area contributed by atoms with Crippen LogP contribution in [-0.2, 0) is 13.6 Å². The highest BCUT2D eigenvalue weighted by Gasteiger charge is 2.12. The molecule has 7 heteroatoms. The van der Waals surface area contributed by atoms with Gasteiger partial charge in [-0.2, -0.15) is 5.10 Å². The summed E-state index contributed by atoms with van der Waals surface area (Å²) in [6.45, 7) is 4.31. The fourth-order valence-electron chi connectivity index (χ4n) is 2.01. The lowest BCUT2D eigenvalue weighted by molar-refractivity contribution is 0.0946. The topological polar surface area (TPSA) is 85.8 Å². The smallest absolute Gasteiger partial charge is 0.270 e. The van der Waals surface area contributed by atoms with E-state index in [9.17, 15) is 4.79 Å². The Hall–Kier alpha value is -2.28. The number of nitrogens with one attached hydrogen (secondary N) is 1. The Bertz CT molecular complexity index is 690. The van der Waals surface area contributed by atoms with Crippen molar-refractivity contribution in [3.05, 3.63) is 46.5 Å². The Morgan fingerprint density at radius 2 is 2.14 bits per heavy atom. The highest BCUT2D eigenvalue weighted by atomic mass is 32.1. The fraction of sp³-hybridized carbons (Fsp3) is 0.286. The molecule has 0 bridgehead atoms. The zero-order valence-corrected chi connectivity index (χ0v) is 13.0. The minimum Gasteiger partial charge on any atom is -0.389 e. The largest absolute Gasteiger partial charge is 0.389 e. The second kappa shape index (κ2) is 6.01. The molecule has 0 aliphatic heterocycles. The molecule has 0 atom stereocenters. The zero-order valence-electron chi connectivity index (χ0n) is 12.2. The van der Waals surface area contributed by atoms with Crippen LogP contribution in [0.15, 0.2) is 18.3 Å². The number of nitrogens with zero attached hydrogens (tertiary/aromatic N) is 3. The van der Waals surface area contributed by atoms with Crippen LogP contribution in [0.2, 0.25) is 0 Å². The Morgan fingerprint density at radius 3 is 2.62 bits per heavy atom. The predicted molar refractivity (Wildman–Crippen MR) is 84.0 cm³/mol. The average Bonchev–Trinajstić information content (AvgIpc) is 2.70. The summed E-state index contributed by atoms with van der Waals surface area (Å²) in [5.74, 6) is -0.243. The minimum absolute atomic E-state index is 0.243. The molecule has 0 saturated heterocycles. The van der Waals surface area contributed by atoms with Crippen molar-refractivity contribution in [2.75, 3.05) is 0 Å². The third-order valence-corrected chi connectivity index (χ3v) is 3.60. The van der Waals surface area contributed by atoms with Gasteiger partial charge >= 0.3 is 0 Å². The Labute approximate surface area is 128 Å². The number of aryl methyl sites for hydroxylation is 2. The third-order valence-electron chi connectivity index (χ3n) is 3.37. The van der Waals surface area contributed by atoms with Crippen molar-refractivity contribution in [3.63, 3.8) is 0 Å². The highest BCUT2D eigenvalue weighted by molar-refractivity contribution is 7.80. The van der Waals surface area contributed by atoms with Gasteiger partial charge in [-0.05, 0) is 26.0 Å². The molecule has 0 aliphatic rings. The summed E-state index contributed by atoms with van der Waals surface area (Å²) in [5.41, 5.74) is 9.42. The number of carbonyl (C=O) groups is 1.